The van der Waals surface area contributed by atoms with Gasteiger partial charge in [0.15, 0.2) is 0 Å². The van der Waals surface area contributed by atoms with Gasteiger partial charge >= 0.3 is 0 Å². The molecular weight excluding hydrogens is 314 g/mol. The summed E-state index contributed by atoms with van der Waals surface area (Å²) in [5.74, 6) is 1.57. The van der Waals surface area contributed by atoms with Gasteiger partial charge in [-0.15, -0.1) is 0 Å². The number of nitrogens with one attached hydrogen (secondary N) is 1. The maximum Gasteiger partial charge on any atom is 0.123 e. The van der Waals surface area contributed by atoms with E-state index in [4.69, 9.17) is 9.72 Å². The molecule has 2 aromatic heterocycles. The van der Waals surface area contributed by atoms with Gasteiger partial charge in [-0.05, 0) is 25.5 Å². The molecule has 3 aromatic rings. The van der Waals surface area contributed by atoms with E-state index in [9.17, 15) is 0 Å². The highest BCUT2D eigenvalue weighted by atomic mass is 16.5. The summed E-state index contributed by atoms with van der Waals surface area (Å²) in [7, 11) is 1.95. The van der Waals surface area contributed by atoms with Crippen LogP contribution in [0.2, 0.25) is 0 Å². The van der Waals surface area contributed by atoms with Crippen LogP contribution in [0.4, 0.5) is 0 Å². The molecule has 0 bridgehead atoms. The molecule has 1 aliphatic rings. The van der Waals surface area contributed by atoms with E-state index in [0.29, 0.717) is 5.92 Å². The second kappa shape index (κ2) is 6.98. The van der Waals surface area contributed by atoms with Crippen molar-refractivity contribution in [3.8, 4) is 0 Å². The second-order valence-electron chi connectivity index (χ2n) is 6.68. The summed E-state index contributed by atoms with van der Waals surface area (Å²) < 4.78 is 10.1. The van der Waals surface area contributed by atoms with Crippen molar-refractivity contribution in [2.24, 2.45) is 13.0 Å². The van der Waals surface area contributed by atoms with Crippen LogP contribution in [0.25, 0.3) is 11.0 Å². The van der Waals surface area contributed by atoms with Crippen molar-refractivity contribution in [2.45, 2.75) is 32.5 Å². The van der Waals surface area contributed by atoms with Crippen molar-refractivity contribution in [2.75, 3.05) is 13.2 Å². The Hall–Kier alpha value is -2.18. The minimum atomic E-state index is 0.145. The number of fused-ring (bicyclic) bond motifs is 1. The molecule has 0 radical (unpaired) electrons. The van der Waals surface area contributed by atoms with Crippen molar-refractivity contribution >= 4 is 11.0 Å². The summed E-state index contributed by atoms with van der Waals surface area (Å²) in [5.41, 5.74) is 3.45. The van der Waals surface area contributed by atoms with Gasteiger partial charge in [0, 0.05) is 44.4 Å². The summed E-state index contributed by atoms with van der Waals surface area (Å²) in [6.07, 6.45) is 5.20. The van der Waals surface area contributed by atoms with Crippen molar-refractivity contribution < 1.29 is 4.74 Å². The Morgan fingerprint density at radius 2 is 2.20 bits per heavy atom. The molecule has 1 aromatic carbocycles. The largest absolute Gasteiger partial charge is 0.373 e. The van der Waals surface area contributed by atoms with Gasteiger partial charge in [-0.2, -0.15) is 5.10 Å². The van der Waals surface area contributed by atoms with E-state index in [0.717, 1.165) is 44.0 Å². The molecule has 0 unspecified atom stereocenters. The van der Waals surface area contributed by atoms with E-state index >= 15 is 0 Å². The molecule has 0 aliphatic carbocycles. The van der Waals surface area contributed by atoms with E-state index in [1.165, 1.54) is 11.1 Å². The molecule has 6 nitrogen and oxygen atoms in total. The van der Waals surface area contributed by atoms with E-state index in [2.05, 4.69) is 46.3 Å². The Balaban J connectivity index is 1.42. The summed E-state index contributed by atoms with van der Waals surface area (Å²) in [6.45, 7) is 5.62. The molecule has 4 rings (SSSR count). The quantitative estimate of drug-likeness (QED) is 0.750. The molecule has 2 atom stereocenters. The van der Waals surface area contributed by atoms with Crippen LogP contribution in [0.3, 0.4) is 0 Å². The SMILES string of the molecule is CCn1c(CNC[C@H]2CCO[C@H]2c2cnn(C)c2)nc2ccccc21. The first-order valence-corrected chi connectivity index (χ1v) is 9.01. The molecule has 1 N–H and O–H groups in total. The third kappa shape index (κ3) is 3.19. The highest BCUT2D eigenvalue weighted by Gasteiger charge is 2.30. The predicted octanol–water partition coefficient (Wildman–Crippen LogP) is 2.66. The first kappa shape index (κ1) is 16.3. The van der Waals surface area contributed by atoms with Gasteiger partial charge in [-0.3, -0.25) is 4.68 Å². The highest BCUT2D eigenvalue weighted by Crippen LogP contribution is 2.33. The van der Waals surface area contributed by atoms with Crippen LogP contribution < -0.4 is 5.32 Å². The first-order chi connectivity index (χ1) is 12.3. The van der Waals surface area contributed by atoms with Crippen LogP contribution in [-0.2, 0) is 24.9 Å². The normalized spacial score (nSPS) is 20.6. The lowest BCUT2D eigenvalue weighted by atomic mass is 9.97. The fraction of sp³-hybridized carbons (Fsp3) is 0.474. The summed E-state index contributed by atoms with van der Waals surface area (Å²) in [6, 6.07) is 8.33. The van der Waals surface area contributed by atoms with Crippen molar-refractivity contribution in [1.82, 2.24) is 24.6 Å². The molecule has 0 saturated carbocycles. The average molecular weight is 339 g/mol. The van der Waals surface area contributed by atoms with E-state index < -0.39 is 0 Å². The Kier molecular flexibility index (Phi) is 4.55. The average Bonchev–Trinajstić information content (AvgIpc) is 3.32. The number of rotatable bonds is 6. The summed E-state index contributed by atoms with van der Waals surface area (Å²) >= 11 is 0. The lowest BCUT2D eigenvalue weighted by molar-refractivity contribution is 0.0903. The molecule has 6 heteroatoms. The third-order valence-electron chi connectivity index (χ3n) is 5.01. The smallest absolute Gasteiger partial charge is 0.123 e. The highest BCUT2D eigenvalue weighted by molar-refractivity contribution is 5.75. The second-order valence-corrected chi connectivity index (χ2v) is 6.68. The van der Waals surface area contributed by atoms with Gasteiger partial charge < -0.3 is 14.6 Å². The van der Waals surface area contributed by atoms with Crippen LogP contribution in [0.1, 0.15) is 30.8 Å². The van der Waals surface area contributed by atoms with Gasteiger partial charge in [-0.25, -0.2) is 4.98 Å². The number of benzene rings is 1. The molecule has 3 heterocycles. The summed E-state index contributed by atoms with van der Waals surface area (Å²) in [5, 5.41) is 7.87. The number of nitrogens with zero attached hydrogens (tertiary/aromatic N) is 4. The maximum absolute atomic E-state index is 5.95. The fourth-order valence-corrected chi connectivity index (χ4v) is 3.78. The maximum atomic E-state index is 5.95. The zero-order chi connectivity index (χ0) is 17.2. The fourth-order valence-electron chi connectivity index (χ4n) is 3.78. The topological polar surface area (TPSA) is 56.9 Å². The first-order valence-electron chi connectivity index (χ1n) is 9.01. The van der Waals surface area contributed by atoms with Crippen LogP contribution >= 0.6 is 0 Å². The van der Waals surface area contributed by atoms with Gasteiger partial charge in [0.1, 0.15) is 5.82 Å². The van der Waals surface area contributed by atoms with Crippen molar-refractivity contribution in [3.05, 3.63) is 48.0 Å². The van der Waals surface area contributed by atoms with E-state index in [1.54, 1.807) is 0 Å². The minimum absolute atomic E-state index is 0.145. The summed E-state index contributed by atoms with van der Waals surface area (Å²) in [4.78, 5) is 4.78. The standard InChI is InChI=1S/C19H25N5O/c1-3-24-17-7-5-4-6-16(17)22-18(24)12-20-10-14-8-9-25-19(14)15-11-21-23(2)13-15/h4-7,11,13-14,19-20H,3,8-10,12H2,1-2H3/t14-,19-/m1/s1. The molecule has 1 fully saturated rings. The predicted molar refractivity (Wildman–Crippen MR) is 97.1 cm³/mol. The molecular formula is C19H25N5O. The molecule has 25 heavy (non-hydrogen) atoms. The van der Waals surface area contributed by atoms with Crippen LogP contribution in [-0.4, -0.2) is 32.5 Å². The Labute approximate surface area is 147 Å². The van der Waals surface area contributed by atoms with E-state index in [1.807, 2.05) is 24.0 Å². The van der Waals surface area contributed by atoms with Crippen LogP contribution in [0.5, 0.6) is 0 Å². The molecule has 0 amide bonds. The Bertz CT molecular complexity index is 852. The molecule has 1 saturated heterocycles. The number of hydrogen-bond acceptors (Lipinski definition) is 4. The zero-order valence-electron chi connectivity index (χ0n) is 14.9. The minimum Gasteiger partial charge on any atom is -0.373 e. The van der Waals surface area contributed by atoms with Crippen molar-refractivity contribution in [1.29, 1.82) is 0 Å². The lowest BCUT2D eigenvalue weighted by Gasteiger charge is -2.18. The van der Waals surface area contributed by atoms with Gasteiger partial charge in [-0.1, -0.05) is 12.1 Å². The monoisotopic (exact) mass is 339 g/mol. The number of ether oxygens (including phenoxy) is 1. The number of imidazole rings is 1. The molecule has 132 valence electrons. The van der Waals surface area contributed by atoms with Gasteiger partial charge in [0.05, 0.1) is 29.9 Å². The third-order valence-corrected chi connectivity index (χ3v) is 5.01. The molecule has 1 aliphatic heterocycles. The zero-order valence-corrected chi connectivity index (χ0v) is 14.9. The van der Waals surface area contributed by atoms with Gasteiger partial charge in [0.25, 0.3) is 0 Å². The number of hydrogen-bond donors (Lipinski definition) is 1. The van der Waals surface area contributed by atoms with Crippen LogP contribution in [0.15, 0.2) is 36.7 Å². The number of aryl methyl sites for hydroxylation is 2. The molecule has 0 spiro atoms. The number of para-hydroxylation sites is 2. The van der Waals surface area contributed by atoms with Gasteiger partial charge in [0.2, 0.25) is 0 Å². The van der Waals surface area contributed by atoms with Crippen molar-refractivity contribution in [3.63, 3.8) is 0 Å². The Morgan fingerprint density at radius 1 is 1.32 bits per heavy atom. The van der Waals surface area contributed by atoms with E-state index in [-0.39, 0.29) is 6.10 Å². The van der Waals surface area contributed by atoms with Crippen LogP contribution in [0, 0.1) is 5.92 Å². The lowest BCUT2D eigenvalue weighted by Crippen LogP contribution is -2.25. The number of aromatic nitrogens is 4. The Morgan fingerprint density at radius 3 is 3.00 bits per heavy atom.